The fraction of sp³-hybridized carbons (Fsp3) is 0.435. The van der Waals surface area contributed by atoms with Crippen LogP contribution in [0.3, 0.4) is 0 Å². The second-order valence-corrected chi connectivity index (χ2v) is 8.02. The number of amides is 1. The van der Waals surface area contributed by atoms with Crippen LogP contribution in [0.15, 0.2) is 53.8 Å². The maximum absolute atomic E-state index is 11.8. The molecule has 0 aliphatic carbocycles. The first kappa shape index (κ1) is 24.1. The average molecular weight is 428 g/mol. The van der Waals surface area contributed by atoms with Crippen LogP contribution in [-0.4, -0.2) is 47.4 Å². The standard InChI is InChI=1S/C23H33N5O3/c1-5-25-21(27-16-20(29)18-11-13-24-14-12-18)26-15-10-17-6-8-19(9-7-17)28-22(30)31-23(2,3)4/h6-9,11-14,20,29H,5,10,15-16H2,1-4H3,(H,28,30)(H2,25,26,27). The highest BCUT2D eigenvalue weighted by Gasteiger charge is 2.16. The van der Waals surface area contributed by atoms with E-state index in [1.165, 1.54) is 0 Å². The van der Waals surface area contributed by atoms with Crippen molar-refractivity contribution in [2.45, 2.75) is 45.8 Å². The van der Waals surface area contributed by atoms with Crippen LogP contribution in [0.2, 0.25) is 0 Å². The van der Waals surface area contributed by atoms with Crippen molar-refractivity contribution in [3.8, 4) is 0 Å². The van der Waals surface area contributed by atoms with Crippen molar-refractivity contribution in [3.63, 3.8) is 0 Å². The van der Waals surface area contributed by atoms with Crippen molar-refractivity contribution in [1.82, 2.24) is 15.6 Å². The molecule has 0 fully saturated rings. The molecule has 2 rings (SSSR count). The molecular formula is C23H33N5O3. The fourth-order valence-electron chi connectivity index (χ4n) is 2.71. The lowest BCUT2D eigenvalue weighted by Crippen LogP contribution is -2.38. The quantitative estimate of drug-likeness (QED) is 0.380. The summed E-state index contributed by atoms with van der Waals surface area (Å²) in [6.45, 7) is 9.13. The number of ether oxygens (including phenoxy) is 1. The Kier molecular flexibility index (Phi) is 9.27. The van der Waals surface area contributed by atoms with Crippen molar-refractivity contribution in [2.24, 2.45) is 4.99 Å². The molecule has 0 spiro atoms. The third-order valence-corrected chi connectivity index (χ3v) is 4.16. The van der Waals surface area contributed by atoms with Gasteiger partial charge in [-0.2, -0.15) is 0 Å². The molecule has 0 radical (unpaired) electrons. The van der Waals surface area contributed by atoms with E-state index in [1.54, 1.807) is 24.5 Å². The number of anilines is 1. The van der Waals surface area contributed by atoms with Crippen LogP contribution < -0.4 is 16.0 Å². The second-order valence-electron chi connectivity index (χ2n) is 8.02. The molecule has 1 aromatic carbocycles. The van der Waals surface area contributed by atoms with Crippen molar-refractivity contribution < 1.29 is 14.6 Å². The van der Waals surface area contributed by atoms with Gasteiger partial charge in [-0.05, 0) is 69.5 Å². The Morgan fingerprint density at radius 3 is 2.42 bits per heavy atom. The van der Waals surface area contributed by atoms with Crippen LogP contribution >= 0.6 is 0 Å². The number of benzene rings is 1. The predicted octanol–water partition coefficient (Wildman–Crippen LogP) is 3.26. The first-order valence-electron chi connectivity index (χ1n) is 10.5. The summed E-state index contributed by atoms with van der Waals surface area (Å²) in [6, 6.07) is 11.2. The summed E-state index contributed by atoms with van der Waals surface area (Å²) in [5.74, 6) is 0.652. The highest BCUT2D eigenvalue weighted by atomic mass is 16.6. The Balaban J connectivity index is 1.82. The summed E-state index contributed by atoms with van der Waals surface area (Å²) in [4.78, 5) is 20.3. The molecule has 4 N–H and O–H groups in total. The monoisotopic (exact) mass is 427 g/mol. The van der Waals surface area contributed by atoms with Crippen molar-refractivity contribution in [2.75, 3.05) is 25.0 Å². The number of pyridine rings is 1. The molecule has 0 aliphatic heterocycles. The molecule has 0 aliphatic rings. The van der Waals surface area contributed by atoms with Crippen molar-refractivity contribution in [3.05, 3.63) is 59.9 Å². The first-order chi connectivity index (χ1) is 14.8. The van der Waals surface area contributed by atoms with Gasteiger partial charge in [-0.25, -0.2) is 4.79 Å². The molecule has 0 saturated heterocycles. The number of hydrogen-bond acceptors (Lipinski definition) is 5. The Labute approximate surface area is 184 Å². The molecule has 31 heavy (non-hydrogen) atoms. The maximum atomic E-state index is 11.8. The topological polar surface area (TPSA) is 108 Å². The number of aliphatic hydroxyl groups is 1. The molecule has 0 bridgehead atoms. The summed E-state index contributed by atoms with van der Waals surface area (Å²) >= 11 is 0. The number of aromatic nitrogens is 1. The Hall–Kier alpha value is -3.13. The van der Waals surface area contributed by atoms with Crippen LogP contribution in [0.4, 0.5) is 10.5 Å². The SMILES string of the molecule is CCNC(=NCC(O)c1ccncc1)NCCc1ccc(NC(=O)OC(C)(C)C)cc1. The zero-order valence-corrected chi connectivity index (χ0v) is 18.7. The van der Waals surface area contributed by atoms with Gasteiger partial charge in [0.1, 0.15) is 5.60 Å². The number of nitrogens with one attached hydrogen (secondary N) is 3. The molecule has 8 nitrogen and oxygen atoms in total. The van der Waals surface area contributed by atoms with Crippen molar-refractivity contribution in [1.29, 1.82) is 0 Å². The zero-order valence-electron chi connectivity index (χ0n) is 18.7. The third kappa shape index (κ3) is 9.48. The van der Waals surface area contributed by atoms with Crippen LogP contribution in [-0.2, 0) is 11.2 Å². The average Bonchev–Trinajstić information content (AvgIpc) is 2.72. The lowest BCUT2D eigenvalue weighted by atomic mass is 10.1. The summed E-state index contributed by atoms with van der Waals surface area (Å²) in [5.41, 5.74) is 2.06. The first-order valence-corrected chi connectivity index (χ1v) is 10.5. The number of carbonyl (C=O) groups excluding carboxylic acids is 1. The fourth-order valence-corrected chi connectivity index (χ4v) is 2.71. The van der Waals surface area contributed by atoms with E-state index in [9.17, 15) is 9.90 Å². The minimum atomic E-state index is -0.677. The molecule has 1 amide bonds. The van der Waals surface area contributed by atoms with Gasteiger partial charge in [0, 0.05) is 31.2 Å². The van der Waals surface area contributed by atoms with Gasteiger partial charge in [-0.15, -0.1) is 0 Å². The van der Waals surface area contributed by atoms with E-state index in [0.29, 0.717) is 18.2 Å². The van der Waals surface area contributed by atoms with E-state index in [4.69, 9.17) is 4.74 Å². The van der Waals surface area contributed by atoms with Crippen LogP contribution in [0.25, 0.3) is 0 Å². The van der Waals surface area contributed by atoms with Gasteiger partial charge in [-0.3, -0.25) is 15.3 Å². The third-order valence-electron chi connectivity index (χ3n) is 4.16. The minimum Gasteiger partial charge on any atom is -0.444 e. The maximum Gasteiger partial charge on any atom is 0.412 e. The number of guanidine groups is 1. The number of nitrogens with zero attached hydrogens (tertiary/aromatic N) is 2. The highest BCUT2D eigenvalue weighted by Crippen LogP contribution is 2.13. The van der Waals surface area contributed by atoms with E-state index in [1.807, 2.05) is 52.0 Å². The summed E-state index contributed by atoms with van der Waals surface area (Å²) < 4.78 is 5.25. The normalized spacial score (nSPS) is 12.7. The van der Waals surface area contributed by atoms with E-state index in [-0.39, 0.29) is 6.54 Å². The van der Waals surface area contributed by atoms with Crippen LogP contribution in [0.5, 0.6) is 0 Å². The van der Waals surface area contributed by atoms with Gasteiger partial charge in [-0.1, -0.05) is 12.1 Å². The number of hydrogen-bond donors (Lipinski definition) is 4. The molecule has 2 aromatic rings. The molecule has 0 saturated carbocycles. The Morgan fingerprint density at radius 2 is 1.81 bits per heavy atom. The molecular weight excluding hydrogens is 394 g/mol. The smallest absolute Gasteiger partial charge is 0.412 e. The van der Waals surface area contributed by atoms with Gasteiger partial charge in [0.15, 0.2) is 5.96 Å². The van der Waals surface area contributed by atoms with Gasteiger partial charge in [0.05, 0.1) is 12.6 Å². The van der Waals surface area contributed by atoms with E-state index >= 15 is 0 Å². The molecule has 1 atom stereocenters. The Bertz CT molecular complexity index is 833. The number of rotatable bonds is 8. The van der Waals surface area contributed by atoms with Gasteiger partial charge >= 0.3 is 6.09 Å². The molecule has 1 heterocycles. The van der Waals surface area contributed by atoms with Gasteiger partial charge in [0.2, 0.25) is 0 Å². The van der Waals surface area contributed by atoms with Crippen LogP contribution in [0.1, 0.15) is 44.9 Å². The van der Waals surface area contributed by atoms with E-state index < -0.39 is 17.8 Å². The molecule has 8 heteroatoms. The van der Waals surface area contributed by atoms with Gasteiger partial charge in [0.25, 0.3) is 0 Å². The van der Waals surface area contributed by atoms with Crippen molar-refractivity contribution >= 4 is 17.7 Å². The second kappa shape index (κ2) is 11.9. The zero-order chi connectivity index (χ0) is 22.7. The summed E-state index contributed by atoms with van der Waals surface area (Å²) in [6.07, 6.45) is 2.94. The number of aliphatic hydroxyl groups excluding tert-OH is 1. The van der Waals surface area contributed by atoms with E-state index in [2.05, 4.69) is 25.9 Å². The molecule has 1 aromatic heterocycles. The summed E-state index contributed by atoms with van der Waals surface area (Å²) in [5, 5.41) is 19.4. The summed E-state index contributed by atoms with van der Waals surface area (Å²) in [7, 11) is 0. The molecule has 1 unspecified atom stereocenters. The van der Waals surface area contributed by atoms with E-state index in [0.717, 1.165) is 24.1 Å². The predicted molar refractivity (Wildman–Crippen MR) is 123 cm³/mol. The molecule has 168 valence electrons. The lowest BCUT2D eigenvalue weighted by molar-refractivity contribution is 0.0636. The highest BCUT2D eigenvalue weighted by molar-refractivity contribution is 5.84. The van der Waals surface area contributed by atoms with Gasteiger partial charge < -0.3 is 20.5 Å². The number of aliphatic imine (C=N–C) groups is 1. The lowest BCUT2D eigenvalue weighted by Gasteiger charge is -2.19. The largest absolute Gasteiger partial charge is 0.444 e. The minimum absolute atomic E-state index is 0.254. The van der Waals surface area contributed by atoms with Crippen LogP contribution in [0, 0.1) is 0 Å². The number of carbonyl (C=O) groups is 1. The Morgan fingerprint density at radius 1 is 1.13 bits per heavy atom.